The smallest absolute Gasteiger partial charge is 0.267 e. The van der Waals surface area contributed by atoms with Crippen LogP contribution in [0.4, 0.5) is 0 Å². The Bertz CT molecular complexity index is 812. The second-order valence-corrected chi connectivity index (χ2v) is 4.63. The van der Waals surface area contributed by atoms with Gasteiger partial charge in [0.1, 0.15) is 5.69 Å². The maximum Gasteiger partial charge on any atom is 0.267 e. The van der Waals surface area contributed by atoms with Crippen LogP contribution in [0.25, 0.3) is 22.0 Å². The summed E-state index contributed by atoms with van der Waals surface area (Å²) >= 11 is 0. The molecule has 0 radical (unpaired) electrons. The number of rotatable bonds is 2. The molecule has 2 heterocycles. The van der Waals surface area contributed by atoms with Gasteiger partial charge in [0.2, 0.25) is 0 Å². The van der Waals surface area contributed by atoms with E-state index in [0.29, 0.717) is 5.52 Å². The lowest BCUT2D eigenvalue weighted by Crippen LogP contribution is -2.15. The number of primary amides is 1. The standard InChI is InChI=1S/C16H13N3O/c1-10-4-2-3-5-12(10)13-8-11-9-18-7-6-14(11)19-15(13)16(17)20/h2-9H,1H3,(H2,17,20). The topological polar surface area (TPSA) is 68.9 Å². The third-order valence-electron chi connectivity index (χ3n) is 3.28. The van der Waals surface area contributed by atoms with Crippen LogP contribution in [0, 0.1) is 6.92 Å². The van der Waals surface area contributed by atoms with Crippen LogP contribution >= 0.6 is 0 Å². The van der Waals surface area contributed by atoms with Crippen molar-refractivity contribution in [3.8, 4) is 11.1 Å². The fraction of sp³-hybridized carbons (Fsp3) is 0.0625. The first-order valence-corrected chi connectivity index (χ1v) is 6.27. The molecule has 0 fully saturated rings. The third kappa shape index (κ3) is 2.01. The number of nitrogens with zero attached hydrogens (tertiary/aromatic N) is 2. The molecule has 0 aliphatic carbocycles. The third-order valence-corrected chi connectivity index (χ3v) is 3.28. The van der Waals surface area contributed by atoms with Gasteiger partial charge in [0.15, 0.2) is 0 Å². The Morgan fingerprint density at radius 2 is 1.95 bits per heavy atom. The molecule has 3 rings (SSSR count). The van der Waals surface area contributed by atoms with Gasteiger partial charge >= 0.3 is 0 Å². The first-order valence-electron chi connectivity index (χ1n) is 6.27. The second-order valence-electron chi connectivity index (χ2n) is 4.63. The first-order chi connectivity index (χ1) is 9.66. The average Bonchev–Trinajstić information content (AvgIpc) is 2.46. The molecule has 0 unspecified atom stereocenters. The normalized spacial score (nSPS) is 10.7. The summed E-state index contributed by atoms with van der Waals surface area (Å²) in [5, 5.41) is 0.885. The van der Waals surface area contributed by atoms with E-state index in [1.807, 2.05) is 37.3 Å². The van der Waals surface area contributed by atoms with Crippen LogP contribution in [-0.4, -0.2) is 15.9 Å². The number of amides is 1. The van der Waals surface area contributed by atoms with Crippen molar-refractivity contribution in [3.05, 3.63) is 60.0 Å². The minimum atomic E-state index is -0.526. The summed E-state index contributed by atoms with van der Waals surface area (Å²) in [6.45, 7) is 1.99. The maximum absolute atomic E-state index is 11.7. The van der Waals surface area contributed by atoms with Gasteiger partial charge in [0, 0.05) is 23.3 Å². The molecule has 4 nitrogen and oxygen atoms in total. The highest BCUT2D eigenvalue weighted by molar-refractivity contribution is 6.01. The highest BCUT2D eigenvalue weighted by Crippen LogP contribution is 2.28. The largest absolute Gasteiger partial charge is 0.364 e. The molecule has 4 heteroatoms. The zero-order chi connectivity index (χ0) is 14.1. The van der Waals surface area contributed by atoms with Crippen LogP contribution in [0.2, 0.25) is 0 Å². The Balaban J connectivity index is 2.36. The first kappa shape index (κ1) is 12.3. The molecule has 1 aromatic carbocycles. The summed E-state index contributed by atoms with van der Waals surface area (Å²) in [6.07, 6.45) is 3.38. The zero-order valence-corrected chi connectivity index (χ0v) is 11.0. The van der Waals surface area contributed by atoms with Crippen molar-refractivity contribution in [2.75, 3.05) is 0 Å². The molecule has 0 atom stereocenters. The van der Waals surface area contributed by atoms with Crippen molar-refractivity contribution < 1.29 is 4.79 Å². The number of carbonyl (C=O) groups is 1. The summed E-state index contributed by atoms with van der Waals surface area (Å²) in [5.74, 6) is -0.526. The highest BCUT2D eigenvalue weighted by atomic mass is 16.1. The molecule has 0 saturated carbocycles. The lowest BCUT2D eigenvalue weighted by molar-refractivity contribution is 0.0996. The summed E-state index contributed by atoms with van der Waals surface area (Å²) < 4.78 is 0. The molecule has 98 valence electrons. The molecule has 1 amide bonds. The van der Waals surface area contributed by atoms with Crippen molar-refractivity contribution in [2.24, 2.45) is 5.73 Å². The molecular formula is C16H13N3O. The van der Waals surface area contributed by atoms with E-state index in [2.05, 4.69) is 9.97 Å². The molecule has 20 heavy (non-hydrogen) atoms. The van der Waals surface area contributed by atoms with E-state index in [0.717, 1.165) is 22.1 Å². The average molecular weight is 263 g/mol. The van der Waals surface area contributed by atoms with Gasteiger partial charge in [-0.25, -0.2) is 4.98 Å². The van der Waals surface area contributed by atoms with Crippen LogP contribution in [0.3, 0.4) is 0 Å². The zero-order valence-electron chi connectivity index (χ0n) is 11.0. The lowest BCUT2D eigenvalue weighted by Gasteiger charge is -2.10. The molecule has 0 spiro atoms. The number of aromatic nitrogens is 2. The number of benzene rings is 1. The van der Waals surface area contributed by atoms with E-state index >= 15 is 0 Å². The number of carbonyl (C=O) groups excluding carboxylic acids is 1. The molecule has 0 aliphatic rings. The maximum atomic E-state index is 11.7. The van der Waals surface area contributed by atoms with Crippen LogP contribution in [0.5, 0.6) is 0 Å². The summed E-state index contributed by atoms with van der Waals surface area (Å²) in [6, 6.07) is 11.5. The Hall–Kier alpha value is -2.75. The van der Waals surface area contributed by atoms with Crippen LogP contribution in [0.15, 0.2) is 48.8 Å². The van der Waals surface area contributed by atoms with E-state index in [9.17, 15) is 4.79 Å². The van der Waals surface area contributed by atoms with E-state index in [4.69, 9.17) is 5.73 Å². The number of fused-ring (bicyclic) bond motifs is 1. The molecule has 2 N–H and O–H groups in total. The monoisotopic (exact) mass is 263 g/mol. The number of pyridine rings is 2. The van der Waals surface area contributed by atoms with Gasteiger partial charge in [-0.1, -0.05) is 24.3 Å². The van der Waals surface area contributed by atoms with Crippen LogP contribution in [-0.2, 0) is 0 Å². The Labute approximate surface area is 116 Å². The van der Waals surface area contributed by atoms with Gasteiger partial charge < -0.3 is 5.73 Å². The molecule has 3 aromatic rings. The minimum Gasteiger partial charge on any atom is -0.364 e. The number of aryl methyl sites for hydroxylation is 1. The quantitative estimate of drug-likeness (QED) is 0.772. The molecule has 0 bridgehead atoms. The summed E-state index contributed by atoms with van der Waals surface area (Å²) in [4.78, 5) is 20.2. The fourth-order valence-electron chi connectivity index (χ4n) is 2.29. The van der Waals surface area contributed by atoms with E-state index in [1.165, 1.54) is 0 Å². The van der Waals surface area contributed by atoms with Gasteiger partial charge in [0.05, 0.1) is 5.52 Å². The van der Waals surface area contributed by atoms with Crippen molar-refractivity contribution >= 4 is 16.8 Å². The molecule has 0 saturated heterocycles. The number of nitrogens with two attached hydrogens (primary N) is 1. The van der Waals surface area contributed by atoms with E-state index in [-0.39, 0.29) is 5.69 Å². The Kier molecular flexibility index (Phi) is 2.91. The predicted molar refractivity (Wildman–Crippen MR) is 78.2 cm³/mol. The van der Waals surface area contributed by atoms with Gasteiger partial charge in [-0.15, -0.1) is 0 Å². The number of hydrogen-bond donors (Lipinski definition) is 1. The van der Waals surface area contributed by atoms with Crippen molar-refractivity contribution in [2.45, 2.75) is 6.92 Å². The summed E-state index contributed by atoms with van der Waals surface area (Å²) in [5.41, 5.74) is 9.25. The van der Waals surface area contributed by atoms with Crippen molar-refractivity contribution in [1.29, 1.82) is 0 Å². The summed E-state index contributed by atoms with van der Waals surface area (Å²) in [7, 11) is 0. The van der Waals surface area contributed by atoms with E-state index < -0.39 is 5.91 Å². The molecule has 2 aromatic heterocycles. The molecular weight excluding hydrogens is 250 g/mol. The minimum absolute atomic E-state index is 0.290. The SMILES string of the molecule is Cc1ccccc1-c1cc2cnccc2nc1C(N)=O. The Morgan fingerprint density at radius 3 is 2.70 bits per heavy atom. The van der Waals surface area contributed by atoms with Gasteiger partial charge in [0.25, 0.3) is 5.91 Å². The van der Waals surface area contributed by atoms with E-state index in [1.54, 1.807) is 18.5 Å². The van der Waals surface area contributed by atoms with Crippen molar-refractivity contribution in [3.63, 3.8) is 0 Å². The van der Waals surface area contributed by atoms with Gasteiger partial charge in [-0.3, -0.25) is 9.78 Å². The van der Waals surface area contributed by atoms with Crippen LogP contribution in [0.1, 0.15) is 16.1 Å². The molecule has 0 aliphatic heterocycles. The van der Waals surface area contributed by atoms with Crippen LogP contribution < -0.4 is 5.73 Å². The van der Waals surface area contributed by atoms with Crippen molar-refractivity contribution in [1.82, 2.24) is 9.97 Å². The lowest BCUT2D eigenvalue weighted by atomic mass is 9.97. The van der Waals surface area contributed by atoms with Gasteiger partial charge in [-0.2, -0.15) is 0 Å². The Morgan fingerprint density at radius 1 is 1.15 bits per heavy atom. The van der Waals surface area contributed by atoms with Gasteiger partial charge in [-0.05, 0) is 30.2 Å². The predicted octanol–water partition coefficient (Wildman–Crippen LogP) is 2.70. The second kappa shape index (κ2) is 4.74. The highest BCUT2D eigenvalue weighted by Gasteiger charge is 2.14. The fourth-order valence-corrected chi connectivity index (χ4v) is 2.29. The number of hydrogen-bond acceptors (Lipinski definition) is 3.